The molecule has 0 aromatic carbocycles. The van der Waals surface area contributed by atoms with Crippen LogP contribution in [0.25, 0.3) is 0 Å². The molecule has 82 valence electrons. The van der Waals surface area contributed by atoms with Crippen LogP contribution < -0.4 is 5.32 Å². The van der Waals surface area contributed by atoms with Crippen molar-refractivity contribution in [1.29, 1.82) is 0 Å². The molecule has 1 N–H and O–H groups in total. The number of amides is 1. The lowest BCUT2D eigenvalue weighted by atomic mass is 10.2. The summed E-state index contributed by atoms with van der Waals surface area (Å²) in [5.74, 6) is 0.607. The highest BCUT2D eigenvalue weighted by Crippen LogP contribution is 2.03. The number of ketones is 1. The summed E-state index contributed by atoms with van der Waals surface area (Å²) in [4.78, 5) is 22.2. The van der Waals surface area contributed by atoms with Gasteiger partial charge < -0.3 is 9.73 Å². The summed E-state index contributed by atoms with van der Waals surface area (Å²) in [5.41, 5.74) is 0. The summed E-state index contributed by atoms with van der Waals surface area (Å²) in [7, 11) is 0. The van der Waals surface area contributed by atoms with Crippen LogP contribution in [0.4, 0.5) is 0 Å². The minimum atomic E-state index is -0.408. The molecule has 0 aliphatic carbocycles. The first-order chi connectivity index (χ1) is 7.09. The van der Waals surface area contributed by atoms with Crippen LogP contribution in [0.15, 0.2) is 22.8 Å². The molecule has 0 saturated heterocycles. The van der Waals surface area contributed by atoms with Crippen LogP contribution in [0.3, 0.4) is 0 Å². The normalized spacial score (nSPS) is 12.1. The molecule has 1 rings (SSSR count). The molecule has 0 saturated carbocycles. The van der Waals surface area contributed by atoms with E-state index in [1.807, 2.05) is 6.07 Å². The maximum atomic E-state index is 11.3. The molecule has 1 heterocycles. The third kappa shape index (κ3) is 3.97. The van der Waals surface area contributed by atoms with Gasteiger partial charge in [-0.2, -0.15) is 0 Å². The van der Waals surface area contributed by atoms with E-state index in [-0.39, 0.29) is 11.7 Å². The van der Waals surface area contributed by atoms with Crippen LogP contribution in [0.5, 0.6) is 0 Å². The first kappa shape index (κ1) is 11.5. The van der Waals surface area contributed by atoms with E-state index >= 15 is 0 Å². The quantitative estimate of drug-likeness (QED) is 0.795. The second-order valence-electron chi connectivity index (χ2n) is 3.48. The second-order valence-corrected chi connectivity index (χ2v) is 3.48. The van der Waals surface area contributed by atoms with Gasteiger partial charge in [0.05, 0.1) is 12.3 Å². The van der Waals surface area contributed by atoms with Crippen molar-refractivity contribution in [2.45, 2.75) is 32.7 Å². The van der Waals surface area contributed by atoms with E-state index < -0.39 is 6.04 Å². The lowest BCUT2D eigenvalue weighted by Gasteiger charge is -2.09. The van der Waals surface area contributed by atoms with E-state index in [0.29, 0.717) is 12.8 Å². The molecule has 0 aliphatic rings. The molecule has 4 heteroatoms. The van der Waals surface area contributed by atoms with Gasteiger partial charge in [0.25, 0.3) is 0 Å². The van der Waals surface area contributed by atoms with Crippen LogP contribution in [0.2, 0.25) is 0 Å². The van der Waals surface area contributed by atoms with Gasteiger partial charge in [-0.25, -0.2) is 0 Å². The van der Waals surface area contributed by atoms with Gasteiger partial charge in [0.2, 0.25) is 5.91 Å². The van der Waals surface area contributed by atoms with E-state index in [1.54, 1.807) is 19.3 Å². The maximum absolute atomic E-state index is 11.3. The van der Waals surface area contributed by atoms with Gasteiger partial charge in [-0.1, -0.05) is 0 Å². The first-order valence-electron chi connectivity index (χ1n) is 4.92. The Morgan fingerprint density at radius 2 is 2.27 bits per heavy atom. The molecule has 1 atom stereocenters. The lowest BCUT2D eigenvalue weighted by Crippen LogP contribution is -2.37. The summed E-state index contributed by atoms with van der Waals surface area (Å²) in [6, 6.07) is 3.20. The SMILES string of the molecule is CC(=O)C(C)NC(=O)CCc1ccco1. The van der Waals surface area contributed by atoms with Crippen molar-refractivity contribution in [2.75, 3.05) is 0 Å². The van der Waals surface area contributed by atoms with Gasteiger partial charge >= 0.3 is 0 Å². The van der Waals surface area contributed by atoms with Gasteiger partial charge in [0, 0.05) is 12.8 Å². The van der Waals surface area contributed by atoms with E-state index in [9.17, 15) is 9.59 Å². The van der Waals surface area contributed by atoms with Crippen molar-refractivity contribution < 1.29 is 14.0 Å². The highest BCUT2D eigenvalue weighted by Gasteiger charge is 2.11. The first-order valence-corrected chi connectivity index (χ1v) is 4.92. The number of hydrogen-bond acceptors (Lipinski definition) is 3. The summed E-state index contributed by atoms with van der Waals surface area (Å²) < 4.78 is 5.09. The molecule has 0 bridgehead atoms. The summed E-state index contributed by atoms with van der Waals surface area (Å²) >= 11 is 0. The monoisotopic (exact) mass is 209 g/mol. The number of carbonyl (C=O) groups is 2. The fraction of sp³-hybridized carbons (Fsp3) is 0.455. The van der Waals surface area contributed by atoms with E-state index in [2.05, 4.69) is 5.32 Å². The number of aryl methyl sites for hydroxylation is 1. The number of Topliss-reactive ketones (excluding diaryl/α,β-unsaturated/α-hetero) is 1. The molecule has 0 aliphatic heterocycles. The highest BCUT2D eigenvalue weighted by atomic mass is 16.3. The van der Waals surface area contributed by atoms with Crippen molar-refractivity contribution in [1.82, 2.24) is 5.32 Å². The lowest BCUT2D eigenvalue weighted by molar-refractivity contribution is -0.126. The van der Waals surface area contributed by atoms with E-state index in [4.69, 9.17) is 4.42 Å². The summed E-state index contributed by atoms with van der Waals surface area (Å²) in [5, 5.41) is 2.61. The third-order valence-electron chi connectivity index (χ3n) is 2.17. The Balaban J connectivity index is 2.28. The summed E-state index contributed by atoms with van der Waals surface area (Å²) in [6.45, 7) is 3.13. The third-order valence-corrected chi connectivity index (χ3v) is 2.17. The van der Waals surface area contributed by atoms with Crippen LogP contribution in [0, 0.1) is 0 Å². The Labute approximate surface area is 88.7 Å². The van der Waals surface area contributed by atoms with Gasteiger partial charge in [-0.3, -0.25) is 9.59 Å². The van der Waals surface area contributed by atoms with Gasteiger partial charge in [-0.05, 0) is 26.0 Å². The van der Waals surface area contributed by atoms with Crippen LogP contribution >= 0.6 is 0 Å². The van der Waals surface area contributed by atoms with Gasteiger partial charge in [0.15, 0.2) is 5.78 Å². The summed E-state index contributed by atoms with van der Waals surface area (Å²) in [6.07, 6.45) is 2.47. The van der Waals surface area contributed by atoms with Gasteiger partial charge in [0.1, 0.15) is 5.76 Å². The Bertz CT molecular complexity index is 330. The molecule has 1 aromatic rings. The maximum Gasteiger partial charge on any atom is 0.221 e. The van der Waals surface area contributed by atoms with Crippen molar-refractivity contribution in [2.24, 2.45) is 0 Å². The molecule has 0 fully saturated rings. The molecule has 0 spiro atoms. The molecular formula is C11H15NO3. The Kier molecular flexibility index (Phi) is 4.09. The van der Waals surface area contributed by atoms with Crippen LogP contribution in [0.1, 0.15) is 26.0 Å². The van der Waals surface area contributed by atoms with Crippen molar-refractivity contribution in [3.8, 4) is 0 Å². The van der Waals surface area contributed by atoms with E-state index in [1.165, 1.54) is 6.92 Å². The minimum Gasteiger partial charge on any atom is -0.469 e. The number of rotatable bonds is 5. The highest BCUT2D eigenvalue weighted by molar-refractivity contribution is 5.87. The van der Waals surface area contributed by atoms with Crippen molar-refractivity contribution >= 4 is 11.7 Å². The largest absolute Gasteiger partial charge is 0.469 e. The van der Waals surface area contributed by atoms with Crippen LogP contribution in [-0.2, 0) is 16.0 Å². The van der Waals surface area contributed by atoms with Crippen molar-refractivity contribution in [3.63, 3.8) is 0 Å². The fourth-order valence-electron chi connectivity index (χ4n) is 1.11. The molecule has 1 aromatic heterocycles. The molecule has 1 amide bonds. The Morgan fingerprint density at radius 1 is 1.53 bits per heavy atom. The Morgan fingerprint density at radius 3 is 2.80 bits per heavy atom. The molecule has 15 heavy (non-hydrogen) atoms. The molecule has 1 unspecified atom stereocenters. The zero-order valence-corrected chi connectivity index (χ0v) is 8.95. The minimum absolute atomic E-state index is 0.0404. The van der Waals surface area contributed by atoms with Gasteiger partial charge in [-0.15, -0.1) is 0 Å². The standard InChI is InChI=1S/C11H15NO3/c1-8(9(2)13)12-11(14)6-5-10-4-3-7-15-10/h3-4,7-8H,5-6H2,1-2H3,(H,12,14). The number of hydrogen-bond donors (Lipinski definition) is 1. The average Bonchev–Trinajstić information content (AvgIpc) is 2.66. The zero-order chi connectivity index (χ0) is 11.3. The van der Waals surface area contributed by atoms with E-state index in [0.717, 1.165) is 5.76 Å². The Hall–Kier alpha value is -1.58. The number of nitrogens with one attached hydrogen (secondary N) is 1. The number of carbonyl (C=O) groups excluding carboxylic acids is 2. The molecule has 4 nitrogen and oxygen atoms in total. The fourth-order valence-corrected chi connectivity index (χ4v) is 1.11. The zero-order valence-electron chi connectivity index (χ0n) is 8.95. The topological polar surface area (TPSA) is 59.3 Å². The van der Waals surface area contributed by atoms with Crippen molar-refractivity contribution in [3.05, 3.63) is 24.2 Å². The average molecular weight is 209 g/mol. The molecular weight excluding hydrogens is 194 g/mol. The predicted molar refractivity (Wildman–Crippen MR) is 55.3 cm³/mol. The smallest absolute Gasteiger partial charge is 0.221 e. The molecule has 0 radical (unpaired) electrons. The second kappa shape index (κ2) is 5.34. The number of furan rings is 1. The predicted octanol–water partition coefficient (Wildman–Crippen LogP) is 1.31. The van der Waals surface area contributed by atoms with Crippen LogP contribution in [-0.4, -0.2) is 17.7 Å².